The van der Waals surface area contributed by atoms with Gasteiger partial charge in [-0.3, -0.25) is 14.4 Å². The number of rotatable bonds is 9. The molecule has 1 saturated carbocycles. The number of carbonyl (C=O) groups excluding carboxylic acids is 4. The van der Waals surface area contributed by atoms with Crippen molar-refractivity contribution >= 4 is 46.9 Å². The van der Waals surface area contributed by atoms with Crippen LogP contribution in [0.1, 0.15) is 63.0 Å². The molecule has 6 atom stereocenters. The number of aliphatic hydroxyl groups excluding tert-OH is 1. The SMILES string of the molecule is COc1ccc(C[C@H]2NC(=O)C=CC[C@@H]([C@H](C)[C@@H](O)[C@@H](Cl)c3ccccc3)OC(=O)[C@H](CC(C)C)NC(=O)C3(CC3)CNC2=O)cc1Cl. The van der Waals surface area contributed by atoms with Crippen LogP contribution in [0.2, 0.25) is 5.02 Å². The Labute approximate surface area is 291 Å². The van der Waals surface area contributed by atoms with E-state index < -0.39 is 58.8 Å². The van der Waals surface area contributed by atoms with Crippen LogP contribution in [-0.4, -0.2) is 66.7 Å². The van der Waals surface area contributed by atoms with E-state index in [2.05, 4.69) is 16.0 Å². The molecule has 1 heterocycles. The van der Waals surface area contributed by atoms with E-state index in [9.17, 15) is 24.3 Å². The average molecular weight is 703 g/mol. The Balaban J connectivity index is 1.63. The summed E-state index contributed by atoms with van der Waals surface area (Å²) in [7, 11) is 1.50. The molecule has 1 aliphatic heterocycles. The number of aliphatic hydroxyl groups is 1. The number of hydrogen-bond acceptors (Lipinski definition) is 7. The van der Waals surface area contributed by atoms with Crippen LogP contribution < -0.4 is 20.7 Å². The Hall–Kier alpha value is -3.60. The van der Waals surface area contributed by atoms with E-state index in [1.165, 1.54) is 19.3 Å². The van der Waals surface area contributed by atoms with Gasteiger partial charge in [0.2, 0.25) is 17.7 Å². The van der Waals surface area contributed by atoms with E-state index in [0.29, 0.717) is 41.2 Å². The summed E-state index contributed by atoms with van der Waals surface area (Å²) < 4.78 is 11.2. The molecule has 1 aliphatic carbocycles. The minimum absolute atomic E-state index is 0.0368. The number of amides is 3. The van der Waals surface area contributed by atoms with Crippen molar-refractivity contribution in [3.8, 4) is 5.75 Å². The molecule has 4 N–H and O–H groups in total. The zero-order valence-corrected chi connectivity index (χ0v) is 29.2. The van der Waals surface area contributed by atoms with E-state index in [0.717, 1.165) is 0 Å². The minimum atomic E-state index is -1.11. The molecule has 3 amide bonds. The van der Waals surface area contributed by atoms with Crippen LogP contribution in [0.25, 0.3) is 0 Å². The summed E-state index contributed by atoms with van der Waals surface area (Å²) >= 11 is 13.0. The summed E-state index contributed by atoms with van der Waals surface area (Å²) in [5.74, 6) is -2.14. The third-order valence-electron chi connectivity index (χ3n) is 8.97. The van der Waals surface area contributed by atoms with E-state index in [1.54, 1.807) is 37.3 Å². The molecule has 260 valence electrons. The van der Waals surface area contributed by atoms with Crippen molar-refractivity contribution in [1.82, 2.24) is 16.0 Å². The van der Waals surface area contributed by atoms with Crippen molar-refractivity contribution in [2.45, 2.75) is 82.5 Å². The molecule has 0 unspecified atom stereocenters. The minimum Gasteiger partial charge on any atom is -0.495 e. The van der Waals surface area contributed by atoms with Crippen LogP contribution in [0, 0.1) is 17.3 Å². The molecule has 0 bridgehead atoms. The molecular weight excluding hydrogens is 657 g/mol. The molecule has 2 aromatic rings. The molecule has 48 heavy (non-hydrogen) atoms. The first-order valence-electron chi connectivity index (χ1n) is 16.3. The topological polar surface area (TPSA) is 143 Å². The van der Waals surface area contributed by atoms with Gasteiger partial charge in [-0.25, -0.2) is 4.79 Å². The summed E-state index contributed by atoms with van der Waals surface area (Å²) in [6, 6.07) is 12.3. The summed E-state index contributed by atoms with van der Waals surface area (Å²) in [6.07, 6.45) is 2.37. The molecule has 0 aromatic heterocycles. The Bertz CT molecular complexity index is 1480. The van der Waals surface area contributed by atoms with Crippen molar-refractivity contribution in [1.29, 1.82) is 0 Å². The number of nitrogens with one attached hydrogen (secondary N) is 3. The number of hydrogen-bond donors (Lipinski definition) is 4. The highest BCUT2D eigenvalue weighted by Crippen LogP contribution is 2.45. The fraction of sp³-hybridized carbons (Fsp3) is 0.500. The lowest BCUT2D eigenvalue weighted by Gasteiger charge is -2.32. The van der Waals surface area contributed by atoms with Gasteiger partial charge < -0.3 is 30.5 Å². The summed E-state index contributed by atoms with van der Waals surface area (Å²) in [6.45, 7) is 5.63. The third-order valence-corrected chi connectivity index (χ3v) is 9.78. The molecule has 4 rings (SSSR count). The van der Waals surface area contributed by atoms with Crippen LogP contribution >= 0.6 is 23.2 Å². The van der Waals surface area contributed by atoms with Crippen molar-refractivity contribution in [2.75, 3.05) is 13.7 Å². The highest BCUT2D eigenvalue weighted by atomic mass is 35.5. The summed E-state index contributed by atoms with van der Waals surface area (Å²) in [5.41, 5.74) is 0.513. The molecule has 12 heteroatoms. The van der Waals surface area contributed by atoms with Gasteiger partial charge in [0.25, 0.3) is 0 Å². The van der Waals surface area contributed by atoms with Gasteiger partial charge in [0, 0.05) is 25.3 Å². The highest BCUT2D eigenvalue weighted by molar-refractivity contribution is 6.32. The predicted molar refractivity (Wildman–Crippen MR) is 184 cm³/mol. The number of esters is 1. The van der Waals surface area contributed by atoms with E-state index in [4.69, 9.17) is 32.7 Å². The second-order valence-corrected chi connectivity index (χ2v) is 14.0. The summed E-state index contributed by atoms with van der Waals surface area (Å²) in [4.78, 5) is 53.9. The van der Waals surface area contributed by atoms with Gasteiger partial charge in [-0.1, -0.05) is 74.8 Å². The Kier molecular flexibility index (Phi) is 12.9. The normalized spacial score (nSPS) is 23.8. The zero-order chi connectivity index (χ0) is 35.0. The van der Waals surface area contributed by atoms with Crippen LogP contribution in [0.15, 0.2) is 60.7 Å². The largest absolute Gasteiger partial charge is 0.495 e. The quantitative estimate of drug-likeness (QED) is 0.220. The number of ether oxygens (including phenoxy) is 2. The van der Waals surface area contributed by atoms with Crippen LogP contribution in [-0.2, 0) is 30.3 Å². The summed E-state index contributed by atoms with van der Waals surface area (Å²) in [5, 5.41) is 19.4. The molecule has 2 aliphatic rings. The first-order valence-corrected chi connectivity index (χ1v) is 17.1. The second kappa shape index (κ2) is 16.7. The van der Waals surface area contributed by atoms with Crippen molar-refractivity contribution < 1.29 is 33.8 Å². The van der Waals surface area contributed by atoms with Gasteiger partial charge in [0.15, 0.2) is 0 Å². The fourth-order valence-electron chi connectivity index (χ4n) is 5.74. The van der Waals surface area contributed by atoms with Crippen molar-refractivity contribution in [2.24, 2.45) is 17.3 Å². The second-order valence-electron chi connectivity index (χ2n) is 13.2. The lowest BCUT2D eigenvalue weighted by Crippen LogP contribution is -2.52. The van der Waals surface area contributed by atoms with Crippen LogP contribution in [0.4, 0.5) is 0 Å². The Morgan fingerprint density at radius 1 is 1.02 bits per heavy atom. The molecule has 10 nitrogen and oxygen atoms in total. The van der Waals surface area contributed by atoms with Gasteiger partial charge in [0.1, 0.15) is 23.9 Å². The third kappa shape index (κ3) is 9.74. The van der Waals surface area contributed by atoms with E-state index >= 15 is 0 Å². The van der Waals surface area contributed by atoms with Gasteiger partial charge >= 0.3 is 5.97 Å². The highest BCUT2D eigenvalue weighted by Gasteiger charge is 2.51. The van der Waals surface area contributed by atoms with Gasteiger partial charge in [-0.2, -0.15) is 0 Å². The maximum absolute atomic E-state index is 13.7. The number of alkyl halides is 1. The zero-order valence-electron chi connectivity index (χ0n) is 27.7. The molecule has 0 radical (unpaired) electrons. The smallest absolute Gasteiger partial charge is 0.328 e. The molecule has 1 spiro atoms. The molecular formula is C36H45Cl2N3O7. The van der Waals surface area contributed by atoms with Crippen molar-refractivity contribution in [3.63, 3.8) is 0 Å². The number of benzene rings is 2. The maximum atomic E-state index is 13.7. The lowest BCUT2D eigenvalue weighted by molar-refractivity contribution is -0.158. The maximum Gasteiger partial charge on any atom is 0.328 e. The van der Waals surface area contributed by atoms with E-state index in [1.807, 2.05) is 32.0 Å². The van der Waals surface area contributed by atoms with Crippen LogP contribution in [0.5, 0.6) is 5.75 Å². The lowest BCUT2D eigenvalue weighted by atomic mass is 9.90. The van der Waals surface area contributed by atoms with Crippen LogP contribution in [0.3, 0.4) is 0 Å². The molecule has 1 fully saturated rings. The van der Waals surface area contributed by atoms with Gasteiger partial charge in [0.05, 0.1) is 29.0 Å². The fourth-order valence-corrected chi connectivity index (χ4v) is 6.40. The monoisotopic (exact) mass is 701 g/mol. The van der Waals surface area contributed by atoms with Gasteiger partial charge in [-0.15, -0.1) is 11.6 Å². The predicted octanol–water partition coefficient (Wildman–Crippen LogP) is 4.65. The number of methoxy groups -OCH3 is 1. The Morgan fingerprint density at radius 2 is 1.73 bits per heavy atom. The Morgan fingerprint density at radius 3 is 2.35 bits per heavy atom. The first-order chi connectivity index (χ1) is 22.8. The standard InChI is InChI=1S/C36H45Cl2N3O7/c1-21(2)17-27-34(45)48-28(22(3)32(43)31(38)24-9-6-5-7-10-24)11-8-12-30(42)40-26(19-23-13-14-29(47-4)25(37)18-23)33(44)39-20-36(15-16-36)35(46)41-27/h5-10,12-14,18,21-22,26-28,31-32,43H,11,15-17,19-20H2,1-4H3,(H,39,44)(H,40,42)(H,41,46)/t22-,26+,27-,28-,31-,32+/m0/s1. The number of cyclic esters (lactones) is 1. The van der Waals surface area contributed by atoms with Crippen molar-refractivity contribution in [3.05, 3.63) is 76.8 Å². The number of carbonyl (C=O) groups is 4. The molecule has 2 aromatic carbocycles. The van der Waals surface area contributed by atoms with Gasteiger partial charge in [-0.05, 0) is 54.5 Å². The molecule has 0 saturated heterocycles. The first kappa shape index (κ1) is 37.2. The number of halogens is 2. The average Bonchev–Trinajstić information content (AvgIpc) is 3.86. The van der Waals surface area contributed by atoms with E-state index in [-0.39, 0.29) is 31.2 Å².